The van der Waals surface area contributed by atoms with Crippen molar-refractivity contribution in [1.29, 1.82) is 0 Å². The van der Waals surface area contributed by atoms with Crippen molar-refractivity contribution in [3.63, 3.8) is 0 Å². The quantitative estimate of drug-likeness (QED) is 0.683. The Kier molecular flexibility index (Phi) is 4.63. The molecule has 1 fully saturated rings. The van der Waals surface area contributed by atoms with Crippen LogP contribution in [0, 0.1) is 15.5 Å². The van der Waals surface area contributed by atoms with Gasteiger partial charge in [0.25, 0.3) is 11.6 Å². The first-order valence-electron chi connectivity index (χ1n) is 7.09. The number of hydrogen-bond donors (Lipinski definition) is 1. The van der Waals surface area contributed by atoms with Gasteiger partial charge >= 0.3 is 0 Å². The molecule has 8 heteroatoms. The number of hydrogen-bond acceptors (Lipinski definition) is 5. The summed E-state index contributed by atoms with van der Waals surface area (Å²) in [5.74, 6) is 0.00722. The summed E-state index contributed by atoms with van der Waals surface area (Å²) >= 11 is 0. The second-order valence-corrected chi connectivity index (χ2v) is 6.08. The molecule has 1 aromatic carbocycles. The van der Waals surface area contributed by atoms with Crippen molar-refractivity contribution in [1.82, 2.24) is 4.90 Å². The topological polar surface area (TPSA) is 103 Å². The van der Waals surface area contributed by atoms with Crippen molar-refractivity contribution in [2.75, 3.05) is 19.6 Å². The molecular formula is C15H18ClN3O4. The van der Waals surface area contributed by atoms with E-state index in [4.69, 9.17) is 10.2 Å². The Hall–Kier alpha value is -2.12. The third-order valence-electron chi connectivity index (χ3n) is 4.26. The molecule has 7 nitrogen and oxygen atoms in total. The van der Waals surface area contributed by atoms with Gasteiger partial charge in [0, 0.05) is 30.6 Å². The average molecular weight is 340 g/mol. The Morgan fingerprint density at radius 3 is 2.83 bits per heavy atom. The highest BCUT2D eigenvalue weighted by molar-refractivity contribution is 5.96. The van der Waals surface area contributed by atoms with Crippen LogP contribution >= 0.6 is 12.4 Å². The Balaban J connectivity index is 0.00000192. The largest absolute Gasteiger partial charge is 0.451 e. The molecule has 1 saturated heterocycles. The number of non-ortho nitro benzene ring substituents is 1. The minimum atomic E-state index is -0.471. The van der Waals surface area contributed by atoms with Gasteiger partial charge in [-0.2, -0.15) is 0 Å². The molecule has 2 heterocycles. The maximum atomic E-state index is 12.5. The normalized spacial score (nSPS) is 20.5. The zero-order chi connectivity index (χ0) is 15.9. The van der Waals surface area contributed by atoms with E-state index in [1.807, 2.05) is 0 Å². The van der Waals surface area contributed by atoms with E-state index in [2.05, 4.69) is 6.92 Å². The minimum Gasteiger partial charge on any atom is -0.451 e. The average Bonchev–Trinajstić information content (AvgIpc) is 3.10. The van der Waals surface area contributed by atoms with Crippen molar-refractivity contribution in [2.45, 2.75) is 13.3 Å². The number of amides is 1. The van der Waals surface area contributed by atoms with Gasteiger partial charge in [0.15, 0.2) is 5.76 Å². The Morgan fingerprint density at radius 2 is 2.22 bits per heavy atom. The summed E-state index contributed by atoms with van der Waals surface area (Å²) < 4.78 is 5.53. The first-order valence-corrected chi connectivity index (χ1v) is 7.09. The highest BCUT2D eigenvalue weighted by Crippen LogP contribution is 2.31. The lowest BCUT2D eigenvalue weighted by Crippen LogP contribution is -2.34. The standard InChI is InChI=1S/C15H17N3O4.ClH/c1-15(8-16)4-5-17(9-15)14(19)13-7-10-6-11(18(20)21)2-3-12(10)22-13;/h2-3,6-7H,4-5,8-9,16H2,1H3;1H. The zero-order valence-electron chi connectivity index (χ0n) is 12.7. The van der Waals surface area contributed by atoms with Crippen LogP contribution in [0.3, 0.4) is 0 Å². The molecule has 1 atom stereocenters. The van der Waals surface area contributed by atoms with Crippen molar-refractivity contribution in [3.05, 3.63) is 40.1 Å². The van der Waals surface area contributed by atoms with Crippen LogP contribution in [0.5, 0.6) is 0 Å². The van der Waals surface area contributed by atoms with Gasteiger partial charge in [0.2, 0.25) is 0 Å². The molecule has 0 spiro atoms. The number of halogens is 1. The Bertz CT molecular complexity index is 760. The highest BCUT2D eigenvalue weighted by Gasteiger charge is 2.36. The lowest BCUT2D eigenvalue weighted by atomic mass is 9.90. The fourth-order valence-corrected chi connectivity index (χ4v) is 2.77. The number of fused-ring (bicyclic) bond motifs is 1. The van der Waals surface area contributed by atoms with Gasteiger partial charge in [-0.05, 0) is 30.5 Å². The van der Waals surface area contributed by atoms with Crippen molar-refractivity contribution < 1.29 is 14.1 Å². The van der Waals surface area contributed by atoms with Gasteiger partial charge in [-0.15, -0.1) is 12.4 Å². The van der Waals surface area contributed by atoms with E-state index >= 15 is 0 Å². The van der Waals surface area contributed by atoms with Gasteiger partial charge in [0.1, 0.15) is 5.58 Å². The van der Waals surface area contributed by atoms with Crippen LogP contribution in [-0.2, 0) is 0 Å². The molecule has 2 aromatic rings. The van der Waals surface area contributed by atoms with Gasteiger partial charge < -0.3 is 15.1 Å². The number of likely N-dealkylation sites (tertiary alicyclic amines) is 1. The van der Waals surface area contributed by atoms with Crippen LogP contribution in [-0.4, -0.2) is 35.4 Å². The van der Waals surface area contributed by atoms with Gasteiger partial charge in [0.05, 0.1) is 4.92 Å². The van der Waals surface area contributed by atoms with E-state index < -0.39 is 4.92 Å². The van der Waals surface area contributed by atoms with Gasteiger partial charge in [-0.1, -0.05) is 6.92 Å². The molecule has 1 aliphatic heterocycles. The summed E-state index contributed by atoms with van der Waals surface area (Å²) in [6, 6.07) is 5.84. The SMILES string of the molecule is CC1(CN)CCN(C(=O)c2cc3cc([N+](=O)[O-])ccc3o2)C1.Cl. The van der Waals surface area contributed by atoms with Crippen LogP contribution < -0.4 is 5.73 Å². The van der Waals surface area contributed by atoms with E-state index in [-0.39, 0.29) is 35.2 Å². The van der Waals surface area contributed by atoms with E-state index in [9.17, 15) is 14.9 Å². The van der Waals surface area contributed by atoms with Crippen LogP contribution in [0.25, 0.3) is 11.0 Å². The lowest BCUT2D eigenvalue weighted by Gasteiger charge is -2.21. The van der Waals surface area contributed by atoms with Crippen LogP contribution in [0.4, 0.5) is 5.69 Å². The molecule has 0 radical (unpaired) electrons. The predicted octanol–water partition coefficient (Wildman–Crippen LogP) is 2.57. The van der Waals surface area contributed by atoms with E-state index in [1.165, 1.54) is 18.2 Å². The maximum Gasteiger partial charge on any atom is 0.289 e. The molecule has 1 aromatic heterocycles. The maximum absolute atomic E-state index is 12.5. The summed E-state index contributed by atoms with van der Waals surface area (Å²) in [6.07, 6.45) is 0.862. The van der Waals surface area contributed by atoms with Crippen LogP contribution in [0.15, 0.2) is 28.7 Å². The summed E-state index contributed by atoms with van der Waals surface area (Å²) in [7, 11) is 0. The molecule has 0 aliphatic carbocycles. The molecule has 124 valence electrons. The van der Waals surface area contributed by atoms with Gasteiger partial charge in [-0.3, -0.25) is 14.9 Å². The zero-order valence-corrected chi connectivity index (χ0v) is 13.5. The van der Waals surface area contributed by atoms with Gasteiger partial charge in [-0.25, -0.2) is 0 Å². The highest BCUT2D eigenvalue weighted by atomic mass is 35.5. The van der Waals surface area contributed by atoms with E-state index in [1.54, 1.807) is 11.0 Å². The van der Waals surface area contributed by atoms with Crippen LogP contribution in [0.2, 0.25) is 0 Å². The molecule has 23 heavy (non-hydrogen) atoms. The molecule has 2 N–H and O–H groups in total. The molecule has 0 bridgehead atoms. The Morgan fingerprint density at radius 1 is 1.48 bits per heavy atom. The van der Waals surface area contributed by atoms with E-state index in [0.29, 0.717) is 30.6 Å². The summed E-state index contributed by atoms with van der Waals surface area (Å²) in [4.78, 5) is 24.5. The molecule has 1 amide bonds. The smallest absolute Gasteiger partial charge is 0.289 e. The number of carbonyl (C=O) groups excluding carboxylic acids is 1. The number of furan rings is 1. The number of nitro benzene ring substituents is 1. The monoisotopic (exact) mass is 339 g/mol. The number of benzene rings is 1. The molecular weight excluding hydrogens is 322 g/mol. The number of rotatable bonds is 3. The number of nitro groups is 1. The predicted molar refractivity (Wildman–Crippen MR) is 87.8 cm³/mol. The number of carbonyl (C=O) groups is 1. The molecule has 1 unspecified atom stereocenters. The van der Waals surface area contributed by atoms with Crippen LogP contribution in [0.1, 0.15) is 23.9 Å². The summed E-state index contributed by atoms with van der Waals surface area (Å²) in [5, 5.41) is 11.3. The molecule has 0 saturated carbocycles. The second-order valence-electron chi connectivity index (χ2n) is 6.08. The molecule has 1 aliphatic rings. The number of nitrogens with zero attached hydrogens (tertiary/aromatic N) is 2. The third kappa shape index (κ3) is 3.16. The van der Waals surface area contributed by atoms with Crippen molar-refractivity contribution >= 4 is 35.0 Å². The first-order chi connectivity index (χ1) is 10.4. The third-order valence-corrected chi connectivity index (χ3v) is 4.26. The first kappa shape index (κ1) is 17.2. The lowest BCUT2D eigenvalue weighted by molar-refractivity contribution is -0.384. The van der Waals surface area contributed by atoms with Crippen molar-refractivity contribution in [2.24, 2.45) is 11.1 Å². The fourth-order valence-electron chi connectivity index (χ4n) is 2.77. The minimum absolute atomic E-state index is 0. The fraction of sp³-hybridized carbons (Fsp3) is 0.400. The molecule has 3 rings (SSSR count). The van der Waals surface area contributed by atoms with Crippen molar-refractivity contribution in [3.8, 4) is 0 Å². The Labute approximate surface area is 139 Å². The summed E-state index contributed by atoms with van der Waals surface area (Å²) in [6.45, 7) is 3.83. The number of nitrogens with two attached hydrogens (primary N) is 1. The summed E-state index contributed by atoms with van der Waals surface area (Å²) in [5.41, 5.74) is 6.14. The second kappa shape index (κ2) is 6.17. The van der Waals surface area contributed by atoms with E-state index in [0.717, 1.165) is 6.42 Å².